The van der Waals surface area contributed by atoms with Crippen LogP contribution in [0.5, 0.6) is 0 Å². The first-order valence-electron chi connectivity index (χ1n) is 12.0. The Hall–Kier alpha value is 0.0169. The Morgan fingerprint density at radius 3 is 1.28 bits per heavy atom. The van der Waals surface area contributed by atoms with Gasteiger partial charge in [-0.25, -0.2) is 0 Å². The van der Waals surface area contributed by atoms with Crippen LogP contribution in [0.25, 0.3) is 0 Å². The second kappa shape index (κ2) is 15.8. The second-order valence-electron chi connectivity index (χ2n) is 9.21. The molecule has 0 atom stereocenters. The van der Waals surface area contributed by atoms with Crippen molar-refractivity contribution >= 4 is 8.56 Å². The van der Waals surface area contributed by atoms with Gasteiger partial charge in [0.05, 0.1) is 0 Å². The summed E-state index contributed by atoms with van der Waals surface area (Å²) in [5, 5.41) is 0. The molecule has 0 fully saturated rings. The normalized spacial score (nSPS) is 13.2. The highest BCUT2D eigenvalue weighted by atomic mass is 28.4. The largest absolute Gasteiger partial charge is 0.395 e. The van der Waals surface area contributed by atoms with Crippen molar-refractivity contribution in [3.63, 3.8) is 0 Å². The summed E-state index contributed by atoms with van der Waals surface area (Å²) in [5.41, 5.74) is 0.222. The van der Waals surface area contributed by atoms with E-state index in [4.69, 9.17) is 8.85 Å². The number of hydrogen-bond donors (Lipinski definition) is 0. The fourth-order valence-corrected chi connectivity index (χ4v) is 7.35. The molecular weight excluding hydrogens is 378 g/mol. The Balaban J connectivity index is 5.68. The van der Waals surface area contributed by atoms with E-state index in [0.717, 1.165) is 64.9 Å². The van der Waals surface area contributed by atoms with E-state index >= 15 is 0 Å². The van der Waals surface area contributed by atoms with Gasteiger partial charge in [-0.15, -0.1) is 0 Å². The van der Waals surface area contributed by atoms with E-state index in [1.54, 1.807) is 0 Å². The monoisotopic (exact) mass is 431 g/mol. The zero-order valence-electron chi connectivity index (χ0n) is 21.4. The van der Waals surface area contributed by atoms with Crippen molar-refractivity contribution in [2.24, 2.45) is 5.41 Å². The molecule has 0 saturated heterocycles. The van der Waals surface area contributed by atoms with E-state index in [2.05, 4.69) is 77.0 Å². The predicted molar refractivity (Wildman–Crippen MR) is 130 cm³/mol. The average molecular weight is 432 g/mol. The molecule has 0 radical (unpaired) electrons. The van der Waals surface area contributed by atoms with Crippen LogP contribution in [0.4, 0.5) is 0 Å². The smallest absolute Gasteiger partial charge is 0.334 e. The molecule has 0 aromatic carbocycles. The van der Waals surface area contributed by atoms with Gasteiger partial charge in [0.15, 0.2) is 0 Å². The molecular formula is C23H53N3O2Si. The highest BCUT2D eigenvalue weighted by Crippen LogP contribution is 2.32. The zero-order chi connectivity index (χ0) is 22.3. The van der Waals surface area contributed by atoms with Crippen molar-refractivity contribution in [2.75, 3.05) is 73.6 Å². The summed E-state index contributed by atoms with van der Waals surface area (Å²) in [6.45, 7) is 21.6. The van der Waals surface area contributed by atoms with Gasteiger partial charge in [-0.2, -0.15) is 0 Å². The van der Waals surface area contributed by atoms with Crippen LogP contribution < -0.4 is 0 Å². The summed E-state index contributed by atoms with van der Waals surface area (Å²) in [4.78, 5) is 7.62. The molecule has 0 amide bonds. The lowest BCUT2D eigenvalue weighted by molar-refractivity contribution is 0.0706. The fourth-order valence-electron chi connectivity index (χ4n) is 4.78. The van der Waals surface area contributed by atoms with Crippen LogP contribution in [0.3, 0.4) is 0 Å². The standard InChI is InChI=1S/C23H53N3O2Si/c1-10-16-24(6)20-23(21-25(7)17-11-2,22-26(8)18-12-3)15-19-29(9,27-13-4)28-14-5/h10-22H2,1-9H3. The van der Waals surface area contributed by atoms with Gasteiger partial charge in [0.1, 0.15) is 0 Å². The van der Waals surface area contributed by atoms with Gasteiger partial charge in [-0.05, 0) is 92.9 Å². The summed E-state index contributed by atoms with van der Waals surface area (Å²) in [5.74, 6) is 0. The van der Waals surface area contributed by atoms with Gasteiger partial charge >= 0.3 is 8.56 Å². The lowest BCUT2D eigenvalue weighted by Crippen LogP contribution is -2.51. The molecule has 0 aliphatic heterocycles. The number of hydrogen-bond acceptors (Lipinski definition) is 5. The summed E-state index contributed by atoms with van der Waals surface area (Å²) in [7, 11) is 4.75. The molecule has 0 heterocycles. The Bertz CT molecular complexity index is 356. The Morgan fingerprint density at radius 2 is 1.00 bits per heavy atom. The quantitative estimate of drug-likeness (QED) is 0.280. The van der Waals surface area contributed by atoms with Gasteiger partial charge < -0.3 is 23.6 Å². The molecule has 0 saturated carbocycles. The summed E-state index contributed by atoms with van der Waals surface area (Å²) < 4.78 is 12.4. The molecule has 0 bridgehead atoms. The third-order valence-electron chi connectivity index (χ3n) is 5.64. The fraction of sp³-hybridized carbons (Fsp3) is 1.00. The summed E-state index contributed by atoms with van der Waals surface area (Å²) in [6.07, 6.45) is 4.76. The van der Waals surface area contributed by atoms with Crippen LogP contribution in [0.1, 0.15) is 60.3 Å². The van der Waals surface area contributed by atoms with Crippen molar-refractivity contribution < 1.29 is 8.85 Å². The van der Waals surface area contributed by atoms with E-state index in [1.165, 1.54) is 19.3 Å². The van der Waals surface area contributed by atoms with Crippen molar-refractivity contribution in [1.29, 1.82) is 0 Å². The van der Waals surface area contributed by atoms with Gasteiger partial charge in [-0.3, -0.25) is 0 Å². The first-order valence-corrected chi connectivity index (χ1v) is 14.6. The molecule has 0 N–H and O–H groups in total. The predicted octanol–water partition coefficient (Wildman–Crippen LogP) is 4.53. The lowest BCUT2D eigenvalue weighted by atomic mass is 9.82. The maximum atomic E-state index is 6.20. The van der Waals surface area contributed by atoms with Crippen molar-refractivity contribution in [3.8, 4) is 0 Å². The molecule has 0 aliphatic rings. The highest BCUT2D eigenvalue weighted by molar-refractivity contribution is 6.66. The van der Waals surface area contributed by atoms with Gasteiger partial charge in [0.25, 0.3) is 0 Å². The van der Waals surface area contributed by atoms with Crippen LogP contribution in [-0.4, -0.2) is 96.9 Å². The first-order chi connectivity index (χ1) is 13.7. The van der Waals surface area contributed by atoms with E-state index in [1.807, 2.05) is 0 Å². The second-order valence-corrected chi connectivity index (χ2v) is 12.6. The maximum Gasteiger partial charge on any atom is 0.334 e. The molecule has 0 aromatic heterocycles. The minimum Gasteiger partial charge on any atom is -0.395 e. The minimum absolute atomic E-state index is 0.222. The van der Waals surface area contributed by atoms with Gasteiger partial charge in [-0.1, -0.05) is 20.8 Å². The SMILES string of the molecule is CCCN(C)CC(CC[Si](C)(OCC)OCC)(CN(C)CCC)CN(C)CCC. The Labute approximate surface area is 184 Å². The topological polar surface area (TPSA) is 28.2 Å². The number of rotatable bonds is 19. The average Bonchev–Trinajstić information content (AvgIpc) is 2.61. The molecule has 29 heavy (non-hydrogen) atoms. The van der Waals surface area contributed by atoms with Crippen molar-refractivity contribution in [1.82, 2.24) is 14.7 Å². The Morgan fingerprint density at radius 1 is 0.655 bits per heavy atom. The molecule has 0 aromatic rings. The van der Waals surface area contributed by atoms with E-state index in [0.29, 0.717) is 0 Å². The summed E-state index contributed by atoms with van der Waals surface area (Å²) >= 11 is 0. The molecule has 0 unspecified atom stereocenters. The molecule has 176 valence electrons. The van der Waals surface area contributed by atoms with Crippen LogP contribution in [0.2, 0.25) is 12.6 Å². The van der Waals surface area contributed by atoms with Gasteiger partial charge in [0, 0.05) is 38.3 Å². The lowest BCUT2D eigenvalue weighted by Gasteiger charge is -2.44. The van der Waals surface area contributed by atoms with Crippen molar-refractivity contribution in [3.05, 3.63) is 0 Å². The third-order valence-corrected chi connectivity index (χ3v) is 8.60. The van der Waals surface area contributed by atoms with Gasteiger partial charge in [0.2, 0.25) is 0 Å². The zero-order valence-corrected chi connectivity index (χ0v) is 22.4. The number of nitrogens with zero attached hydrogens (tertiary/aromatic N) is 3. The Kier molecular flexibility index (Phi) is 15.8. The first kappa shape index (κ1) is 29.0. The van der Waals surface area contributed by atoms with Crippen LogP contribution in [-0.2, 0) is 8.85 Å². The van der Waals surface area contributed by atoms with Crippen molar-refractivity contribution in [2.45, 2.75) is 72.9 Å². The minimum atomic E-state index is -2.12. The molecule has 0 rings (SSSR count). The van der Waals surface area contributed by atoms with E-state index < -0.39 is 8.56 Å². The molecule has 6 heteroatoms. The molecule has 5 nitrogen and oxygen atoms in total. The maximum absolute atomic E-state index is 6.20. The van der Waals surface area contributed by atoms with Crippen LogP contribution in [0, 0.1) is 5.41 Å². The van der Waals surface area contributed by atoms with Crippen LogP contribution in [0.15, 0.2) is 0 Å². The molecule has 0 aliphatic carbocycles. The molecule has 0 spiro atoms. The van der Waals surface area contributed by atoms with Crippen LogP contribution >= 0.6 is 0 Å². The summed E-state index contributed by atoms with van der Waals surface area (Å²) in [6, 6.07) is 1.06. The van der Waals surface area contributed by atoms with E-state index in [-0.39, 0.29) is 5.41 Å². The third kappa shape index (κ3) is 12.5. The van der Waals surface area contributed by atoms with E-state index in [9.17, 15) is 0 Å². The highest BCUT2D eigenvalue weighted by Gasteiger charge is 2.39.